The van der Waals surface area contributed by atoms with Crippen molar-refractivity contribution in [3.63, 3.8) is 0 Å². The second-order valence-electron chi connectivity index (χ2n) is 6.73. The molecule has 1 aromatic heterocycles. The number of aromatic nitrogens is 2. The summed E-state index contributed by atoms with van der Waals surface area (Å²) < 4.78 is 2.53. The predicted octanol–water partition coefficient (Wildman–Crippen LogP) is 0.385. The predicted molar refractivity (Wildman–Crippen MR) is 97.9 cm³/mol. The van der Waals surface area contributed by atoms with E-state index >= 15 is 0 Å². The summed E-state index contributed by atoms with van der Waals surface area (Å²) in [4.78, 5) is 27.1. The average molecular weight is 344 g/mol. The normalized spacial score (nSPS) is 20.7. The van der Waals surface area contributed by atoms with Gasteiger partial charge in [0.25, 0.3) is 5.56 Å². The molecule has 0 radical (unpaired) electrons. The molecule has 3 rings (SSSR count). The number of aliphatic hydroxyl groups is 1. The first-order chi connectivity index (χ1) is 11.9. The Kier molecular flexibility index (Phi) is 4.67. The van der Waals surface area contributed by atoms with E-state index in [1.54, 1.807) is 0 Å². The van der Waals surface area contributed by atoms with Crippen LogP contribution in [0, 0.1) is 5.92 Å². The highest BCUT2D eigenvalue weighted by atomic mass is 16.3. The molecule has 2 atom stereocenters. The second kappa shape index (κ2) is 6.76. The highest BCUT2D eigenvalue weighted by Gasteiger charge is 2.28. The minimum atomic E-state index is -0.430. The summed E-state index contributed by atoms with van der Waals surface area (Å²) in [5, 5.41) is 9.93. The van der Waals surface area contributed by atoms with Gasteiger partial charge in [-0.25, -0.2) is 4.79 Å². The number of nitrogens with zero attached hydrogens (tertiary/aromatic N) is 3. The Morgan fingerprint density at radius 3 is 2.56 bits per heavy atom. The molecular formula is C18H24N4O3. The summed E-state index contributed by atoms with van der Waals surface area (Å²) in [6.07, 6.45) is 0.193. The summed E-state index contributed by atoms with van der Waals surface area (Å²) in [5.41, 5.74) is 6.71. The van der Waals surface area contributed by atoms with Gasteiger partial charge in [0, 0.05) is 20.1 Å². The third kappa shape index (κ3) is 3.19. The quantitative estimate of drug-likeness (QED) is 0.840. The van der Waals surface area contributed by atoms with Crippen LogP contribution < -0.4 is 21.9 Å². The summed E-state index contributed by atoms with van der Waals surface area (Å²) in [5.74, 6) is 0.216. The smallest absolute Gasteiger partial charge is 0.332 e. The van der Waals surface area contributed by atoms with E-state index < -0.39 is 11.2 Å². The van der Waals surface area contributed by atoms with Crippen LogP contribution in [-0.2, 0) is 13.6 Å². The maximum atomic E-state index is 12.7. The van der Waals surface area contributed by atoms with Crippen LogP contribution in [0.4, 0.5) is 11.5 Å². The molecule has 2 unspecified atom stereocenters. The Morgan fingerprint density at radius 1 is 1.24 bits per heavy atom. The molecule has 134 valence electrons. The average Bonchev–Trinajstić information content (AvgIpc) is 2.61. The Morgan fingerprint density at radius 2 is 1.92 bits per heavy atom. The monoisotopic (exact) mass is 344 g/mol. The van der Waals surface area contributed by atoms with Crippen molar-refractivity contribution in [2.75, 3.05) is 23.7 Å². The van der Waals surface area contributed by atoms with Gasteiger partial charge in [0.05, 0.1) is 12.6 Å². The number of anilines is 2. The van der Waals surface area contributed by atoms with E-state index in [0.29, 0.717) is 31.7 Å². The standard InChI is InChI=1S/C18H24N4O3/c1-12-10-21(9-8-14(12)23)15-16(19)22(18(25)20(2)17(15)24)11-13-6-4-3-5-7-13/h3-7,12,14,23H,8-11,19H2,1-2H3. The fourth-order valence-electron chi connectivity index (χ4n) is 3.32. The van der Waals surface area contributed by atoms with Gasteiger partial charge in [0.1, 0.15) is 11.5 Å². The lowest BCUT2D eigenvalue weighted by Crippen LogP contribution is -2.48. The van der Waals surface area contributed by atoms with Gasteiger partial charge in [-0.1, -0.05) is 37.3 Å². The van der Waals surface area contributed by atoms with Crippen molar-refractivity contribution in [1.82, 2.24) is 9.13 Å². The van der Waals surface area contributed by atoms with Crippen molar-refractivity contribution >= 4 is 11.5 Å². The molecule has 0 spiro atoms. The minimum Gasteiger partial charge on any atom is -0.393 e. The van der Waals surface area contributed by atoms with E-state index in [1.165, 1.54) is 11.6 Å². The number of aliphatic hydroxyl groups excluding tert-OH is 1. The number of hydrogen-bond acceptors (Lipinski definition) is 5. The third-order valence-electron chi connectivity index (χ3n) is 4.92. The Bertz CT molecular complexity index is 872. The maximum Gasteiger partial charge on any atom is 0.332 e. The first kappa shape index (κ1) is 17.3. The van der Waals surface area contributed by atoms with Crippen molar-refractivity contribution in [3.05, 3.63) is 56.7 Å². The molecule has 7 nitrogen and oxygen atoms in total. The van der Waals surface area contributed by atoms with Gasteiger partial charge in [-0.15, -0.1) is 0 Å². The molecule has 1 saturated heterocycles. The second-order valence-corrected chi connectivity index (χ2v) is 6.73. The van der Waals surface area contributed by atoms with Crippen molar-refractivity contribution in [2.24, 2.45) is 13.0 Å². The lowest BCUT2D eigenvalue weighted by Gasteiger charge is -2.36. The molecule has 0 amide bonds. The molecule has 1 fully saturated rings. The molecule has 7 heteroatoms. The van der Waals surface area contributed by atoms with Crippen molar-refractivity contribution < 1.29 is 5.11 Å². The van der Waals surface area contributed by atoms with Gasteiger partial charge in [0.15, 0.2) is 0 Å². The molecule has 2 aromatic rings. The molecule has 1 aliphatic heterocycles. The SMILES string of the molecule is CC1CN(c2c(N)n(Cc3ccccc3)c(=O)n(C)c2=O)CCC1O. The van der Waals surface area contributed by atoms with Crippen LogP contribution >= 0.6 is 0 Å². The van der Waals surface area contributed by atoms with Gasteiger partial charge in [-0.2, -0.15) is 0 Å². The molecule has 3 N–H and O–H groups in total. The minimum absolute atomic E-state index is 0.0346. The largest absolute Gasteiger partial charge is 0.393 e. The van der Waals surface area contributed by atoms with Crippen molar-refractivity contribution in [1.29, 1.82) is 0 Å². The van der Waals surface area contributed by atoms with Gasteiger partial charge in [0.2, 0.25) is 0 Å². The van der Waals surface area contributed by atoms with Crippen LogP contribution in [0.1, 0.15) is 18.9 Å². The summed E-state index contributed by atoms with van der Waals surface area (Å²) in [7, 11) is 1.47. The Hall–Kier alpha value is -2.54. The first-order valence-corrected chi connectivity index (χ1v) is 8.46. The van der Waals surface area contributed by atoms with E-state index in [1.807, 2.05) is 42.2 Å². The summed E-state index contributed by atoms with van der Waals surface area (Å²) in [6, 6.07) is 9.52. The Balaban J connectivity index is 2.07. The summed E-state index contributed by atoms with van der Waals surface area (Å²) in [6.45, 7) is 3.31. The topological polar surface area (TPSA) is 93.5 Å². The van der Waals surface area contributed by atoms with E-state index in [9.17, 15) is 14.7 Å². The fraction of sp³-hybridized carbons (Fsp3) is 0.444. The number of hydrogen-bond donors (Lipinski definition) is 2. The van der Waals surface area contributed by atoms with Crippen LogP contribution in [0.25, 0.3) is 0 Å². The number of nitrogens with two attached hydrogens (primary N) is 1. The third-order valence-corrected chi connectivity index (χ3v) is 4.92. The molecular weight excluding hydrogens is 320 g/mol. The van der Waals surface area contributed by atoms with Gasteiger partial charge in [-0.3, -0.25) is 13.9 Å². The zero-order chi connectivity index (χ0) is 18.1. The van der Waals surface area contributed by atoms with E-state index in [4.69, 9.17) is 5.73 Å². The zero-order valence-corrected chi connectivity index (χ0v) is 14.6. The molecule has 2 heterocycles. The highest BCUT2D eigenvalue weighted by Crippen LogP contribution is 2.24. The zero-order valence-electron chi connectivity index (χ0n) is 14.6. The molecule has 0 bridgehead atoms. The van der Waals surface area contributed by atoms with Crippen molar-refractivity contribution in [3.8, 4) is 0 Å². The first-order valence-electron chi connectivity index (χ1n) is 8.46. The summed E-state index contributed by atoms with van der Waals surface area (Å²) >= 11 is 0. The van der Waals surface area contributed by atoms with E-state index in [-0.39, 0.29) is 17.8 Å². The van der Waals surface area contributed by atoms with Crippen LogP contribution in [0.2, 0.25) is 0 Å². The molecule has 25 heavy (non-hydrogen) atoms. The number of piperidine rings is 1. The number of benzene rings is 1. The van der Waals surface area contributed by atoms with Crippen LogP contribution in [0.15, 0.2) is 39.9 Å². The lowest BCUT2D eigenvalue weighted by molar-refractivity contribution is 0.0970. The van der Waals surface area contributed by atoms with Crippen LogP contribution in [0.5, 0.6) is 0 Å². The Labute approximate surface area is 145 Å². The molecule has 1 aliphatic rings. The van der Waals surface area contributed by atoms with E-state index in [0.717, 1.165) is 10.1 Å². The van der Waals surface area contributed by atoms with Gasteiger partial charge >= 0.3 is 5.69 Å². The maximum absolute atomic E-state index is 12.7. The molecule has 0 aliphatic carbocycles. The molecule has 1 aromatic carbocycles. The molecule has 0 saturated carbocycles. The van der Waals surface area contributed by atoms with Gasteiger partial charge in [-0.05, 0) is 17.9 Å². The fourth-order valence-corrected chi connectivity index (χ4v) is 3.32. The van der Waals surface area contributed by atoms with E-state index in [2.05, 4.69) is 0 Å². The lowest BCUT2D eigenvalue weighted by atomic mass is 9.96. The van der Waals surface area contributed by atoms with Gasteiger partial charge < -0.3 is 15.7 Å². The number of rotatable bonds is 3. The van der Waals surface area contributed by atoms with Crippen LogP contribution in [-0.4, -0.2) is 33.4 Å². The van der Waals surface area contributed by atoms with Crippen molar-refractivity contribution in [2.45, 2.75) is 26.0 Å². The highest BCUT2D eigenvalue weighted by molar-refractivity contribution is 5.63. The van der Waals surface area contributed by atoms with Crippen LogP contribution in [0.3, 0.4) is 0 Å². The number of nitrogen functional groups attached to an aromatic ring is 1.